The normalized spacial score (nSPS) is 15.3. The van der Waals surface area contributed by atoms with Crippen LogP contribution in [0.25, 0.3) is 0 Å². The lowest BCUT2D eigenvalue weighted by Gasteiger charge is -2.28. The monoisotopic (exact) mass is 1990 g/mol. The highest BCUT2D eigenvalue weighted by Gasteiger charge is 2.27. The minimum absolute atomic E-state index is 0.167. The maximum atomic E-state index is 15.0. The number of morpholine rings is 1. The highest BCUT2D eigenvalue weighted by molar-refractivity contribution is 9.11. The third-order valence-electron chi connectivity index (χ3n) is 21.8. The summed E-state index contributed by atoms with van der Waals surface area (Å²) in [6, 6.07) is 66.2. The summed E-state index contributed by atoms with van der Waals surface area (Å²) in [4.78, 5) is 30.0. The first kappa shape index (κ1) is 91.4. The summed E-state index contributed by atoms with van der Waals surface area (Å²) in [6.45, 7) is 15.6. The molecule has 6 heterocycles. The van der Waals surface area contributed by atoms with E-state index in [0.29, 0.717) is 25.3 Å². The van der Waals surface area contributed by atoms with Crippen LogP contribution in [0.2, 0.25) is 15.1 Å². The molecule has 0 radical (unpaired) electrons. The van der Waals surface area contributed by atoms with Crippen LogP contribution in [-0.4, -0.2) is 169 Å². The van der Waals surface area contributed by atoms with E-state index in [9.17, 15) is 8.78 Å². The first-order chi connectivity index (χ1) is 58.4. The molecule has 0 bridgehead atoms. The number of hydrogen-bond acceptors (Lipinski definition) is 14. The summed E-state index contributed by atoms with van der Waals surface area (Å²) in [5.74, 6) is 6.32. The molecule has 6 aliphatic rings. The van der Waals surface area contributed by atoms with Crippen LogP contribution in [0.5, 0.6) is 11.5 Å². The van der Waals surface area contributed by atoms with Gasteiger partial charge in [0.25, 0.3) is 0 Å². The molecule has 0 aromatic heterocycles. The van der Waals surface area contributed by atoms with Gasteiger partial charge in [0.1, 0.15) is 52.3 Å². The number of amidine groups is 5. The lowest BCUT2D eigenvalue weighted by atomic mass is 9.97. The molecule has 0 saturated carbocycles. The summed E-state index contributed by atoms with van der Waals surface area (Å²) in [5, 5.41) is 12.2. The molecule has 628 valence electrons. The third kappa shape index (κ3) is 25.9. The number of nitrogens with zero attached hydrogens (tertiary/aromatic N) is 8. The van der Waals surface area contributed by atoms with Gasteiger partial charge in [-0.3, -0.25) is 29.9 Å². The minimum atomic E-state index is -0.167. The Bertz CT molecular complexity index is 5180. The van der Waals surface area contributed by atoms with Crippen LogP contribution in [0.1, 0.15) is 96.8 Å². The van der Waals surface area contributed by atoms with Crippen LogP contribution in [0.4, 0.5) is 8.78 Å². The van der Waals surface area contributed by atoms with Gasteiger partial charge in [0.05, 0.1) is 60.2 Å². The molecule has 3 N–H and O–H groups in total. The second kappa shape index (κ2) is 46.6. The van der Waals surface area contributed by atoms with Gasteiger partial charge < -0.3 is 40.0 Å². The largest absolute Gasteiger partial charge is 0.496 e. The van der Waals surface area contributed by atoms with Crippen molar-refractivity contribution in [1.82, 2.24) is 30.7 Å². The van der Waals surface area contributed by atoms with Gasteiger partial charge in [-0.1, -0.05) is 212 Å². The van der Waals surface area contributed by atoms with Crippen LogP contribution in [0, 0.1) is 11.6 Å². The molecule has 120 heavy (non-hydrogen) atoms. The van der Waals surface area contributed by atoms with Crippen LogP contribution in [0.3, 0.4) is 0 Å². The van der Waals surface area contributed by atoms with Crippen molar-refractivity contribution >= 4 is 144 Å². The van der Waals surface area contributed by atoms with Crippen molar-refractivity contribution in [1.29, 1.82) is 0 Å². The Morgan fingerprint density at radius 3 is 1.39 bits per heavy atom. The number of benzene rings is 10. The number of ether oxygens (including phenoxy) is 3. The van der Waals surface area contributed by atoms with E-state index in [-0.39, 0.29) is 11.6 Å². The average molecular weight is 2000 g/mol. The molecule has 1 saturated heterocycles. The van der Waals surface area contributed by atoms with E-state index >= 15 is 0 Å². The number of aryl methyl sites for hydroxylation is 8. The Balaban J connectivity index is 0.000000139. The fourth-order valence-corrected chi connectivity index (χ4v) is 18.0. The minimum Gasteiger partial charge on any atom is -0.496 e. The molecule has 1 atom stereocenters. The van der Waals surface area contributed by atoms with E-state index in [1.807, 2.05) is 97.1 Å². The van der Waals surface area contributed by atoms with Crippen LogP contribution in [-0.2, 0) is 68.9 Å². The van der Waals surface area contributed by atoms with E-state index in [4.69, 9.17) is 59.0 Å². The summed E-state index contributed by atoms with van der Waals surface area (Å²) in [5.41, 5.74) is 16.6. The van der Waals surface area contributed by atoms with E-state index in [2.05, 4.69) is 218 Å². The Morgan fingerprint density at radius 2 is 0.850 bits per heavy atom. The lowest BCUT2D eigenvalue weighted by Crippen LogP contribution is -2.38. The zero-order valence-corrected chi connectivity index (χ0v) is 78.3. The van der Waals surface area contributed by atoms with Crippen LogP contribution >= 0.6 is 114 Å². The van der Waals surface area contributed by atoms with Crippen molar-refractivity contribution in [2.75, 3.05) is 120 Å². The molecule has 10 aromatic rings. The molecule has 1 unspecified atom stereocenters. The van der Waals surface area contributed by atoms with Gasteiger partial charge >= 0.3 is 0 Å². The van der Waals surface area contributed by atoms with E-state index < -0.39 is 0 Å². The molecule has 0 aliphatic carbocycles. The first-order valence-corrected chi connectivity index (χ1v) is 46.0. The fraction of sp³-hybridized carbons (Fsp3) is 0.323. The number of rotatable bonds is 26. The van der Waals surface area contributed by atoms with Gasteiger partial charge in [-0.2, -0.15) is 0 Å². The highest BCUT2D eigenvalue weighted by Crippen LogP contribution is 2.32. The number of likely N-dealkylation sites (N-methyl/N-ethyl adjacent to an activating group) is 1. The molecular weight excluding hydrogens is 1900 g/mol. The molecule has 1 fully saturated rings. The van der Waals surface area contributed by atoms with E-state index in [0.717, 1.165) is 267 Å². The Kier molecular flexibility index (Phi) is 35.5. The van der Waals surface area contributed by atoms with Gasteiger partial charge in [-0.15, -0.1) is 0 Å². The number of aliphatic imine (C=N–C) groups is 5. The van der Waals surface area contributed by atoms with Crippen molar-refractivity contribution < 1.29 is 23.0 Å². The molecule has 0 spiro atoms. The fourth-order valence-electron chi connectivity index (χ4n) is 15.3. The van der Waals surface area contributed by atoms with Crippen molar-refractivity contribution in [3.05, 3.63) is 333 Å². The second-order valence-electron chi connectivity index (χ2n) is 29.7. The molecule has 6 aliphatic heterocycles. The summed E-state index contributed by atoms with van der Waals surface area (Å²) in [6.07, 6.45) is 9.35. The molecule has 14 nitrogen and oxygen atoms in total. The maximum absolute atomic E-state index is 15.0. The lowest BCUT2D eigenvalue weighted by molar-refractivity contribution is 0.0369. The van der Waals surface area contributed by atoms with Gasteiger partial charge in [0.2, 0.25) is 0 Å². The summed E-state index contributed by atoms with van der Waals surface area (Å²) in [7, 11) is 5.53. The predicted octanol–water partition coefficient (Wildman–Crippen LogP) is 21.3. The Morgan fingerprint density at radius 1 is 0.417 bits per heavy atom. The molecule has 10 aromatic carbocycles. The van der Waals surface area contributed by atoms with Gasteiger partial charge in [0.15, 0.2) is 0 Å². The standard InChI is InChI=1S/C25H31BrFN3O2.C20H23BrN2O.C17H15Br2FN2.C17H16BrClN2.C17H16Cl2N2/c1-31-24-9-7-20(26)18-19(24)6-8-21-22(4-2-5-23(21)27)25-28-10-13-30(25)12-3-11-29-14-16-32-17-15-29;1-14-13-22-20(23(14)2)18-7-5-4-6-15(18)8-9-16-12-17(21)10-11-19(16)24-3;18-12-5-7-15(19)11(10-12)4-6-13-14(2-1-3-16(13)20)17-21-8-9-22-17;18-16-8-7-14(19)11-13(16)6-5-12-3-1-2-4-15(12)17-20-9-10-21-17;18-14-7-8-16(19)13(11-14)6-5-12-3-1-2-4-15(12)17-20-9-10-21-17/h2,4-5,7,9,18H,3,6,8,10-17H2,1H3;4-7,10-12,14H,8-9,13H2,1-3H3;1-3,5,7,10H,4,6,8-9H2,(H,21,22);2*1-4,7-8,11H,5-6,9-10H2,(H,20,21). The van der Waals surface area contributed by atoms with Crippen molar-refractivity contribution in [2.24, 2.45) is 25.0 Å². The number of methoxy groups -OCH3 is 2. The zero-order valence-electron chi connectivity index (χ0n) is 68.1. The maximum Gasteiger partial charge on any atom is 0.131 e. The predicted molar refractivity (Wildman–Crippen MR) is 510 cm³/mol. The molecule has 16 rings (SSSR count). The quantitative estimate of drug-likeness (QED) is 0.0484. The molecule has 24 heteroatoms. The smallest absolute Gasteiger partial charge is 0.131 e. The third-order valence-corrected chi connectivity index (χ3v) is 25.7. The highest BCUT2D eigenvalue weighted by atomic mass is 79.9. The van der Waals surface area contributed by atoms with Gasteiger partial charge in [0, 0.05) is 131 Å². The second-order valence-corrected chi connectivity index (χ2v) is 35.5. The van der Waals surface area contributed by atoms with Crippen LogP contribution in [0.15, 0.2) is 248 Å². The molecule has 0 amide bonds. The number of hydrogen-bond donors (Lipinski definition) is 3. The average Bonchev–Trinajstić information content (AvgIpc) is 1.53. The SMILES string of the molecule is COc1ccc(Br)cc1CCc1c(F)cccc1C1=NCCN1CCCN1CCOCC1.COc1ccc(Br)cc1CCc1ccccc1C1=NCC(C)N1C.Clc1ccc(Br)c(CCc2ccccc2C2=NCCN2)c1.Clc1ccc(Cl)c(CCc2ccccc2C2=NCCN2)c1.Fc1cccc(C2=NCCN2)c1CCc1cc(Br)ccc1Br. The van der Waals surface area contributed by atoms with Gasteiger partial charge in [-0.05, 0) is 236 Å². The summed E-state index contributed by atoms with van der Waals surface area (Å²) < 4.78 is 50.9. The molecular formula is C96H101Br5Cl3F2N11O3. The summed E-state index contributed by atoms with van der Waals surface area (Å²) >= 11 is 36.1. The number of nitrogens with one attached hydrogen (secondary N) is 3. The first-order valence-electron chi connectivity index (χ1n) is 40.9. The van der Waals surface area contributed by atoms with Crippen molar-refractivity contribution in [3.63, 3.8) is 0 Å². The topological polar surface area (TPSA) is 135 Å². The van der Waals surface area contributed by atoms with E-state index in [1.54, 1.807) is 32.4 Å². The van der Waals surface area contributed by atoms with Crippen LogP contribution < -0.4 is 25.4 Å². The Labute approximate surface area is 762 Å². The van der Waals surface area contributed by atoms with Crippen molar-refractivity contribution in [3.8, 4) is 11.5 Å². The van der Waals surface area contributed by atoms with Gasteiger partial charge in [-0.25, -0.2) is 8.78 Å². The Hall–Kier alpha value is -7.80. The van der Waals surface area contributed by atoms with Crippen molar-refractivity contribution in [2.45, 2.75) is 83.6 Å². The zero-order chi connectivity index (χ0) is 84.3. The van der Waals surface area contributed by atoms with E-state index in [1.165, 1.54) is 50.6 Å². The number of halogens is 10.